The minimum Gasteiger partial charge on any atom is -0.369 e. The Kier molecular flexibility index (Phi) is 4.32. The van der Waals surface area contributed by atoms with Crippen LogP contribution >= 0.6 is 0 Å². The van der Waals surface area contributed by atoms with Crippen LogP contribution in [0.4, 0.5) is 10.5 Å². The van der Waals surface area contributed by atoms with E-state index < -0.39 is 0 Å². The van der Waals surface area contributed by atoms with Crippen LogP contribution in [0, 0.1) is 0 Å². The van der Waals surface area contributed by atoms with Gasteiger partial charge in [0, 0.05) is 12.2 Å². The molecule has 1 rings (SSSR count). The van der Waals surface area contributed by atoms with E-state index in [4.69, 9.17) is 5.73 Å². The molecule has 0 saturated heterocycles. The number of nitrogens with one attached hydrogen (secondary N) is 2. The van der Waals surface area contributed by atoms with Gasteiger partial charge in [0.1, 0.15) is 0 Å². The van der Waals surface area contributed by atoms with E-state index in [0.717, 1.165) is 5.56 Å². The van der Waals surface area contributed by atoms with Crippen LogP contribution in [0.25, 0.3) is 0 Å². The van der Waals surface area contributed by atoms with Crippen LogP contribution in [0.5, 0.6) is 0 Å². The second kappa shape index (κ2) is 5.75. The third-order valence-electron chi connectivity index (χ3n) is 1.93. The van der Waals surface area contributed by atoms with E-state index in [-0.39, 0.29) is 18.4 Å². The number of hydrogen-bond donors (Lipinski definition) is 3. The molecule has 1 aromatic rings. The fourth-order valence-electron chi connectivity index (χ4n) is 1.24. The number of rotatable bonds is 4. The molecular weight excluding hydrogens is 206 g/mol. The van der Waals surface area contributed by atoms with E-state index in [9.17, 15) is 9.59 Å². The zero-order chi connectivity index (χ0) is 12.0. The largest absolute Gasteiger partial charge is 0.369 e. The molecule has 86 valence electrons. The highest BCUT2D eigenvalue weighted by atomic mass is 16.2. The van der Waals surface area contributed by atoms with Gasteiger partial charge in [-0.1, -0.05) is 12.1 Å². The van der Waals surface area contributed by atoms with Gasteiger partial charge in [-0.2, -0.15) is 0 Å². The molecule has 0 atom stereocenters. The summed E-state index contributed by atoms with van der Waals surface area (Å²) in [6.45, 7) is 2.42. The molecule has 0 radical (unpaired) electrons. The van der Waals surface area contributed by atoms with Crippen molar-refractivity contribution in [2.24, 2.45) is 5.73 Å². The molecule has 0 bridgehead atoms. The summed E-state index contributed by atoms with van der Waals surface area (Å²) >= 11 is 0. The average molecular weight is 221 g/mol. The van der Waals surface area contributed by atoms with Crippen molar-refractivity contribution in [2.45, 2.75) is 13.3 Å². The van der Waals surface area contributed by atoms with Crippen LogP contribution in [0.1, 0.15) is 12.5 Å². The maximum absolute atomic E-state index is 11.2. The van der Waals surface area contributed by atoms with Crippen LogP contribution in [0.2, 0.25) is 0 Å². The van der Waals surface area contributed by atoms with Crippen molar-refractivity contribution in [3.05, 3.63) is 29.8 Å². The van der Waals surface area contributed by atoms with E-state index in [1.165, 1.54) is 0 Å². The number of urea groups is 1. The minimum absolute atomic E-state index is 0.210. The molecule has 0 spiro atoms. The molecule has 0 saturated carbocycles. The molecule has 0 fully saturated rings. The van der Waals surface area contributed by atoms with Crippen molar-refractivity contribution in [3.63, 3.8) is 0 Å². The molecule has 5 heteroatoms. The van der Waals surface area contributed by atoms with Crippen molar-refractivity contribution < 1.29 is 9.59 Å². The Morgan fingerprint density at radius 2 is 1.88 bits per heavy atom. The topological polar surface area (TPSA) is 84.2 Å². The average Bonchev–Trinajstić information content (AvgIpc) is 2.20. The Morgan fingerprint density at radius 3 is 2.38 bits per heavy atom. The molecule has 4 N–H and O–H groups in total. The lowest BCUT2D eigenvalue weighted by atomic mass is 10.1. The molecular formula is C11H15N3O2. The van der Waals surface area contributed by atoms with Crippen LogP contribution in [-0.2, 0) is 11.2 Å². The summed E-state index contributed by atoms with van der Waals surface area (Å²) in [7, 11) is 0. The lowest BCUT2D eigenvalue weighted by Crippen LogP contribution is -2.28. The summed E-state index contributed by atoms with van der Waals surface area (Å²) in [6.07, 6.45) is 0.210. The Hall–Kier alpha value is -2.04. The highest BCUT2D eigenvalue weighted by Gasteiger charge is 2.01. The molecule has 0 unspecified atom stereocenters. The highest BCUT2D eigenvalue weighted by molar-refractivity contribution is 5.89. The van der Waals surface area contributed by atoms with Crippen molar-refractivity contribution in [3.8, 4) is 0 Å². The number of benzene rings is 1. The van der Waals surface area contributed by atoms with E-state index in [0.29, 0.717) is 12.2 Å². The second-order valence-corrected chi connectivity index (χ2v) is 3.32. The maximum Gasteiger partial charge on any atom is 0.319 e. The number of amides is 3. The number of anilines is 1. The summed E-state index contributed by atoms with van der Waals surface area (Å²) in [6, 6.07) is 6.73. The summed E-state index contributed by atoms with van der Waals surface area (Å²) < 4.78 is 0. The van der Waals surface area contributed by atoms with Crippen molar-refractivity contribution in [1.29, 1.82) is 0 Å². The van der Waals surface area contributed by atoms with Gasteiger partial charge >= 0.3 is 6.03 Å². The smallest absolute Gasteiger partial charge is 0.319 e. The number of primary amides is 1. The predicted octanol–water partition coefficient (Wildman–Crippen LogP) is 0.856. The first-order valence-corrected chi connectivity index (χ1v) is 5.04. The normalized spacial score (nSPS) is 9.56. The van der Waals surface area contributed by atoms with Crippen LogP contribution in [-0.4, -0.2) is 18.5 Å². The SMILES string of the molecule is CCNC(=O)Nc1ccc(CC(N)=O)cc1. The van der Waals surface area contributed by atoms with E-state index in [2.05, 4.69) is 10.6 Å². The fourth-order valence-corrected chi connectivity index (χ4v) is 1.24. The summed E-state index contributed by atoms with van der Waals surface area (Å²) in [5.41, 5.74) is 6.57. The first-order chi connectivity index (χ1) is 7.61. The highest BCUT2D eigenvalue weighted by Crippen LogP contribution is 2.09. The third kappa shape index (κ3) is 4.00. The summed E-state index contributed by atoms with van der Waals surface area (Å²) in [5.74, 6) is -0.371. The van der Waals surface area contributed by atoms with E-state index in [1.54, 1.807) is 24.3 Å². The quantitative estimate of drug-likeness (QED) is 0.704. The van der Waals surface area contributed by atoms with Crippen molar-refractivity contribution in [1.82, 2.24) is 5.32 Å². The Morgan fingerprint density at radius 1 is 1.25 bits per heavy atom. The molecule has 5 nitrogen and oxygen atoms in total. The van der Waals surface area contributed by atoms with Crippen molar-refractivity contribution in [2.75, 3.05) is 11.9 Å². The monoisotopic (exact) mass is 221 g/mol. The number of hydrogen-bond acceptors (Lipinski definition) is 2. The third-order valence-corrected chi connectivity index (χ3v) is 1.93. The lowest BCUT2D eigenvalue weighted by molar-refractivity contribution is -0.117. The number of nitrogens with two attached hydrogens (primary N) is 1. The molecule has 0 aliphatic carbocycles. The molecule has 0 aromatic heterocycles. The Balaban J connectivity index is 2.57. The molecule has 0 heterocycles. The fraction of sp³-hybridized carbons (Fsp3) is 0.273. The molecule has 3 amide bonds. The molecule has 1 aromatic carbocycles. The van der Waals surface area contributed by atoms with Gasteiger partial charge in [-0.3, -0.25) is 4.79 Å². The predicted molar refractivity (Wildman–Crippen MR) is 62.0 cm³/mol. The van der Waals surface area contributed by atoms with Gasteiger partial charge in [-0.05, 0) is 24.6 Å². The van der Waals surface area contributed by atoms with Gasteiger partial charge in [0.05, 0.1) is 6.42 Å². The van der Waals surface area contributed by atoms with Gasteiger partial charge in [-0.25, -0.2) is 4.79 Å². The first kappa shape index (κ1) is 12.0. The van der Waals surface area contributed by atoms with Gasteiger partial charge in [0.25, 0.3) is 0 Å². The van der Waals surface area contributed by atoms with Crippen molar-refractivity contribution >= 4 is 17.6 Å². The molecule has 16 heavy (non-hydrogen) atoms. The summed E-state index contributed by atoms with van der Waals surface area (Å²) in [5, 5.41) is 5.27. The van der Waals surface area contributed by atoms with Crippen LogP contribution < -0.4 is 16.4 Å². The zero-order valence-corrected chi connectivity index (χ0v) is 9.12. The Labute approximate surface area is 94.0 Å². The second-order valence-electron chi connectivity index (χ2n) is 3.32. The molecule has 0 aliphatic rings. The van der Waals surface area contributed by atoms with Gasteiger partial charge in [0.2, 0.25) is 5.91 Å². The zero-order valence-electron chi connectivity index (χ0n) is 9.12. The van der Waals surface area contributed by atoms with Crippen LogP contribution in [0.15, 0.2) is 24.3 Å². The lowest BCUT2D eigenvalue weighted by Gasteiger charge is -2.06. The van der Waals surface area contributed by atoms with E-state index >= 15 is 0 Å². The maximum atomic E-state index is 11.2. The first-order valence-electron chi connectivity index (χ1n) is 5.04. The van der Waals surface area contributed by atoms with Gasteiger partial charge < -0.3 is 16.4 Å². The summed E-state index contributed by atoms with van der Waals surface area (Å²) in [4.78, 5) is 21.8. The Bertz CT molecular complexity index is 373. The molecule has 0 aliphatic heterocycles. The number of carbonyl (C=O) groups is 2. The van der Waals surface area contributed by atoms with E-state index in [1.807, 2.05) is 6.92 Å². The van der Waals surface area contributed by atoms with Gasteiger partial charge in [-0.15, -0.1) is 0 Å². The standard InChI is InChI=1S/C11H15N3O2/c1-2-13-11(16)14-9-5-3-8(4-6-9)7-10(12)15/h3-6H,2,7H2,1H3,(H2,12,15)(H2,13,14,16). The minimum atomic E-state index is -0.371. The number of carbonyl (C=O) groups excluding carboxylic acids is 2. The van der Waals surface area contributed by atoms with Crippen LogP contribution in [0.3, 0.4) is 0 Å². The van der Waals surface area contributed by atoms with Gasteiger partial charge in [0.15, 0.2) is 0 Å².